The Bertz CT molecular complexity index is 647. The third-order valence-corrected chi connectivity index (χ3v) is 3.03. The van der Waals surface area contributed by atoms with Crippen molar-refractivity contribution >= 4 is 17.7 Å². The topological polar surface area (TPSA) is 76.7 Å². The minimum absolute atomic E-state index is 0.0903. The standard InChI is InChI=1S/C18H20N2O4/c1-14(24-18(22)20-15-8-4-2-5-9-15)12-19-17(21)13-23-16-10-6-3-7-11-16/h2-11,14H,12-13H2,1H3,(H,19,21)(H,20,22). The number of carbonyl (C=O) groups excluding carboxylic acids is 2. The Morgan fingerprint density at radius 2 is 1.62 bits per heavy atom. The van der Waals surface area contributed by atoms with Crippen LogP contribution in [0, 0.1) is 0 Å². The van der Waals surface area contributed by atoms with Gasteiger partial charge in [-0.1, -0.05) is 36.4 Å². The van der Waals surface area contributed by atoms with Crippen LogP contribution in [0.1, 0.15) is 6.92 Å². The zero-order chi connectivity index (χ0) is 17.2. The maximum atomic E-state index is 11.7. The van der Waals surface area contributed by atoms with Crippen molar-refractivity contribution in [1.29, 1.82) is 0 Å². The van der Waals surface area contributed by atoms with Gasteiger partial charge in [0.15, 0.2) is 6.61 Å². The average Bonchev–Trinajstić information content (AvgIpc) is 2.60. The molecule has 0 fully saturated rings. The van der Waals surface area contributed by atoms with Crippen molar-refractivity contribution in [2.24, 2.45) is 0 Å². The highest BCUT2D eigenvalue weighted by Crippen LogP contribution is 2.08. The van der Waals surface area contributed by atoms with Crippen molar-refractivity contribution in [3.8, 4) is 5.75 Å². The molecule has 2 aromatic carbocycles. The molecular weight excluding hydrogens is 308 g/mol. The largest absolute Gasteiger partial charge is 0.484 e. The molecule has 6 heteroatoms. The number of anilines is 1. The van der Waals surface area contributed by atoms with E-state index < -0.39 is 12.2 Å². The van der Waals surface area contributed by atoms with Crippen molar-refractivity contribution in [3.05, 3.63) is 60.7 Å². The molecule has 0 bridgehead atoms. The lowest BCUT2D eigenvalue weighted by atomic mass is 10.3. The zero-order valence-corrected chi connectivity index (χ0v) is 13.4. The Kier molecular flexibility index (Phi) is 6.64. The number of ether oxygens (including phenoxy) is 2. The van der Waals surface area contributed by atoms with Gasteiger partial charge in [0.05, 0.1) is 6.54 Å². The van der Waals surface area contributed by atoms with Gasteiger partial charge in [-0.3, -0.25) is 10.1 Å². The summed E-state index contributed by atoms with van der Waals surface area (Å²) in [5, 5.41) is 5.26. The summed E-state index contributed by atoms with van der Waals surface area (Å²) in [5.41, 5.74) is 0.648. The molecule has 126 valence electrons. The maximum Gasteiger partial charge on any atom is 0.411 e. The first-order chi connectivity index (χ1) is 11.6. The lowest BCUT2D eigenvalue weighted by Crippen LogP contribution is -2.36. The molecule has 0 heterocycles. The average molecular weight is 328 g/mol. The third-order valence-electron chi connectivity index (χ3n) is 3.03. The second-order valence-electron chi connectivity index (χ2n) is 5.11. The van der Waals surface area contributed by atoms with Crippen molar-refractivity contribution < 1.29 is 19.1 Å². The number of amides is 2. The highest BCUT2D eigenvalue weighted by molar-refractivity contribution is 5.84. The van der Waals surface area contributed by atoms with Gasteiger partial charge in [-0.05, 0) is 31.2 Å². The summed E-state index contributed by atoms with van der Waals surface area (Å²) in [5.74, 6) is 0.344. The molecule has 2 amide bonds. The first-order valence-electron chi connectivity index (χ1n) is 7.60. The normalized spacial score (nSPS) is 11.2. The highest BCUT2D eigenvalue weighted by atomic mass is 16.6. The molecule has 0 saturated carbocycles. The Balaban J connectivity index is 1.64. The number of benzene rings is 2. The van der Waals surface area contributed by atoms with Crippen LogP contribution in [0.2, 0.25) is 0 Å². The van der Waals surface area contributed by atoms with Crippen molar-refractivity contribution in [1.82, 2.24) is 5.32 Å². The fourth-order valence-corrected chi connectivity index (χ4v) is 1.87. The van der Waals surface area contributed by atoms with Gasteiger partial charge in [0, 0.05) is 5.69 Å². The van der Waals surface area contributed by atoms with Crippen LogP contribution in [0.3, 0.4) is 0 Å². The lowest BCUT2D eigenvalue weighted by molar-refractivity contribution is -0.123. The molecular formula is C18H20N2O4. The van der Waals surface area contributed by atoms with E-state index in [0.29, 0.717) is 11.4 Å². The number of nitrogens with one attached hydrogen (secondary N) is 2. The molecule has 24 heavy (non-hydrogen) atoms. The van der Waals surface area contributed by atoms with E-state index in [4.69, 9.17) is 9.47 Å². The van der Waals surface area contributed by atoms with Gasteiger partial charge in [0.2, 0.25) is 0 Å². The number of rotatable bonds is 7. The van der Waals surface area contributed by atoms with E-state index in [-0.39, 0.29) is 19.1 Å². The van der Waals surface area contributed by atoms with Gasteiger partial charge in [-0.15, -0.1) is 0 Å². The second kappa shape index (κ2) is 9.19. The molecule has 0 aliphatic carbocycles. The minimum Gasteiger partial charge on any atom is -0.484 e. The van der Waals surface area contributed by atoms with Gasteiger partial charge in [0.1, 0.15) is 11.9 Å². The molecule has 2 aromatic rings. The monoisotopic (exact) mass is 328 g/mol. The van der Waals surface area contributed by atoms with E-state index >= 15 is 0 Å². The van der Waals surface area contributed by atoms with Gasteiger partial charge in [-0.2, -0.15) is 0 Å². The Morgan fingerprint density at radius 1 is 1.00 bits per heavy atom. The number of para-hydroxylation sites is 2. The van der Waals surface area contributed by atoms with Gasteiger partial charge in [0.25, 0.3) is 5.91 Å². The molecule has 2 N–H and O–H groups in total. The number of hydrogen-bond donors (Lipinski definition) is 2. The van der Waals surface area contributed by atoms with Crippen LogP contribution < -0.4 is 15.4 Å². The lowest BCUT2D eigenvalue weighted by Gasteiger charge is -2.15. The highest BCUT2D eigenvalue weighted by Gasteiger charge is 2.11. The minimum atomic E-state index is -0.566. The predicted molar refractivity (Wildman–Crippen MR) is 91.0 cm³/mol. The molecule has 0 radical (unpaired) electrons. The fourth-order valence-electron chi connectivity index (χ4n) is 1.87. The summed E-state index contributed by atoms with van der Waals surface area (Å²) >= 11 is 0. The molecule has 0 spiro atoms. The van der Waals surface area contributed by atoms with Gasteiger partial charge < -0.3 is 14.8 Å². The quantitative estimate of drug-likeness (QED) is 0.819. The SMILES string of the molecule is CC(CNC(=O)COc1ccccc1)OC(=O)Nc1ccccc1. The molecule has 0 saturated heterocycles. The van der Waals surface area contributed by atoms with E-state index in [9.17, 15) is 9.59 Å². The second-order valence-corrected chi connectivity index (χ2v) is 5.11. The van der Waals surface area contributed by atoms with E-state index in [1.165, 1.54) is 0 Å². The molecule has 0 aliphatic heterocycles. The van der Waals surface area contributed by atoms with Gasteiger partial charge >= 0.3 is 6.09 Å². The Hall–Kier alpha value is -3.02. The predicted octanol–water partition coefficient (Wildman–Crippen LogP) is 2.82. The third kappa shape index (κ3) is 6.39. The smallest absolute Gasteiger partial charge is 0.411 e. The number of carbonyl (C=O) groups is 2. The number of hydrogen-bond acceptors (Lipinski definition) is 4. The first-order valence-corrected chi connectivity index (χ1v) is 7.60. The summed E-state index contributed by atoms with van der Waals surface area (Å²) in [4.78, 5) is 23.4. The van der Waals surface area contributed by atoms with Crippen LogP contribution in [0.5, 0.6) is 5.75 Å². The maximum absolute atomic E-state index is 11.7. The van der Waals surface area contributed by atoms with Crippen LogP contribution >= 0.6 is 0 Å². The molecule has 0 aliphatic rings. The van der Waals surface area contributed by atoms with E-state index in [1.54, 1.807) is 31.2 Å². The van der Waals surface area contributed by atoms with Crippen molar-refractivity contribution in [2.75, 3.05) is 18.5 Å². The summed E-state index contributed by atoms with van der Waals surface area (Å²) < 4.78 is 10.5. The van der Waals surface area contributed by atoms with Crippen LogP contribution in [0.4, 0.5) is 10.5 Å². The fraction of sp³-hybridized carbons (Fsp3) is 0.222. The van der Waals surface area contributed by atoms with Crippen LogP contribution in [-0.2, 0) is 9.53 Å². The summed E-state index contributed by atoms with van der Waals surface area (Å²) in [6, 6.07) is 18.1. The van der Waals surface area contributed by atoms with Crippen LogP contribution in [0.25, 0.3) is 0 Å². The zero-order valence-electron chi connectivity index (χ0n) is 13.4. The molecule has 2 rings (SSSR count). The summed E-state index contributed by atoms with van der Waals surface area (Å²) in [6.07, 6.45) is -1.03. The van der Waals surface area contributed by atoms with Crippen LogP contribution in [0.15, 0.2) is 60.7 Å². The Morgan fingerprint density at radius 3 is 2.29 bits per heavy atom. The van der Waals surface area contributed by atoms with Crippen LogP contribution in [-0.4, -0.2) is 31.3 Å². The first kappa shape index (κ1) is 17.3. The van der Waals surface area contributed by atoms with E-state index in [0.717, 1.165) is 0 Å². The summed E-state index contributed by atoms with van der Waals surface area (Å²) in [7, 11) is 0. The molecule has 6 nitrogen and oxygen atoms in total. The molecule has 1 unspecified atom stereocenters. The molecule has 1 atom stereocenters. The summed E-state index contributed by atoms with van der Waals surface area (Å²) in [6.45, 7) is 1.81. The Labute approximate surface area is 140 Å². The van der Waals surface area contributed by atoms with Crippen molar-refractivity contribution in [3.63, 3.8) is 0 Å². The van der Waals surface area contributed by atoms with E-state index in [1.807, 2.05) is 36.4 Å². The molecule has 0 aromatic heterocycles. The van der Waals surface area contributed by atoms with Gasteiger partial charge in [-0.25, -0.2) is 4.79 Å². The van der Waals surface area contributed by atoms with Crippen molar-refractivity contribution in [2.45, 2.75) is 13.0 Å². The van der Waals surface area contributed by atoms with E-state index in [2.05, 4.69) is 10.6 Å².